The minimum Gasteiger partial charge on any atom is -0.478 e. The topological polar surface area (TPSA) is 137 Å². The van der Waals surface area contributed by atoms with Crippen molar-refractivity contribution in [2.45, 2.75) is 26.6 Å². The molecular weight excluding hydrogens is 475 g/mol. The van der Waals surface area contributed by atoms with Crippen molar-refractivity contribution < 1.29 is 23.8 Å². The maximum atomic E-state index is 14.1. The van der Waals surface area contributed by atoms with E-state index < -0.39 is 11.8 Å². The molecule has 12 heteroatoms. The number of ether oxygens (including phenoxy) is 2. The number of hydrogen-bond donors (Lipinski definition) is 2. The molecule has 0 unspecified atom stereocenters. The highest BCUT2D eigenvalue weighted by atomic mass is 32.2. The second-order valence-electron chi connectivity index (χ2n) is 7.15. The Labute approximate surface area is 205 Å². The van der Waals surface area contributed by atoms with Crippen molar-refractivity contribution in [1.29, 1.82) is 10.7 Å². The molecule has 0 aliphatic heterocycles. The number of rotatable bonds is 10. The summed E-state index contributed by atoms with van der Waals surface area (Å²) in [5.41, 5.74) is 1.83. The number of aromatic carboxylic acids is 1. The number of hydrazone groups is 1. The Kier molecular flexibility index (Phi) is 8.77. The van der Waals surface area contributed by atoms with Gasteiger partial charge in [-0.15, -0.1) is 0 Å². The van der Waals surface area contributed by atoms with Crippen molar-refractivity contribution in [3.05, 3.63) is 64.7 Å². The number of nitrogens with one attached hydrogen (secondary N) is 1. The summed E-state index contributed by atoms with van der Waals surface area (Å²) in [4.78, 5) is 16.0. The smallest absolute Gasteiger partial charge is 0.335 e. The highest BCUT2D eigenvalue weighted by Crippen LogP contribution is 2.23. The van der Waals surface area contributed by atoms with Gasteiger partial charge >= 0.3 is 5.97 Å². The maximum absolute atomic E-state index is 14.1. The summed E-state index contributed by atoms with van der Waals surface area (Å²) in [6.07, 6.45) is 1.55. The highest BCUT2D eigenvalue weighted by Gasteiger charge is 2.18. The van der Waals surface area contributed by atoms with Crippen LogP contribution in [0.2, 0.25) is 0 Å². The molecule has 0 saturated heterocycles. The van der Waals surface area contributed by atoms with E-state index in [0.717, 1.165) is 18.0 Å². The largest absolute Gasteiger partial charge is 0.478 e. The van der Waals surface area contributed by atoms with E-state index >= 15 is 0 Å². The van der Waals surface area contributed by atoms with E-state index in [4.69, 9.17) is 20.1 Å². The standard InChI is InChI=1S/C23H23FN6O4S/c1-3-27-30(35-23(26)34-14-17-5-4-15(12-25)10-18(17)24)13-21-28-19-7-6-16(22(31)32)11-20(19)29(21)8-9-33-2/h3-7,10-11,26H,8-9,13-14H2,1-2H3,(H,31,32)/b26-23?,27-3-. The zero-order chi connectivity index (χ0) is 25.4. The van der Waals surface area contributed by atoms with Gasteiger partial charge in [0.05, 0.1) is 46.8 Å². The van der Waals surface area contributed by atoms with Crippen molar-refractivity contribution >= 4 is 40.4 Å². The molecular formula is C23H23FN6O4S. The van der Waals surface area contributed by atoms with Gasteiger partial charge in [-0.1, -0.05) is 6.07 Å². The van der Waals surface area contributed by atoms with Crippen molar-refractivity contribution in [2.24, 2.45) is 5.10 Å². The molecule has 35 heavy (non-hydrogen) atoms. The fraction of sp³-hybridized carbons (Fsp3) is 0.261. The van der Waals surface area contributed by atoms with Gasteiger partial charge in [-0.25, -0.2) is 18.6 Å². The summed E-state index contributed by atoms with van der Waals surface area (Å²) in [5, 5.41) is 30.4. The lowest BCUT2D eigenvalue weighted by molar-refractivity contribution is 0.0697. The highest BCUT2D eigenvalue weighted by molar-refractivity contribution is 8.11. The van der Waals surface area contributed by atoms with Crippen molar-refractivity contribution in [3.63, 3.8) is 0 Å². The molecule has 0 radical (unpaired) electrons. The lowest BCUT2D eigenvalue weighted by Crippen LogP contribution is -2.18. The van der Waals surface area contributed by atoms with Gasteiger partial charge < -0.3 is 19.1 Å². The third-order valence-corrected chi connectivity index (χ3v) is 5.56. The molecule has 182 valence electrons. The van der Waals surface area contributed by atoms with Crippen LogP contribution in [0.3, 0.4) is 0 Å². The van der Waals surface area contributed by atoms with Crippen LogP contribution in [0.4, 0.5) is 4.39 Å². The number of nitriles is 1. The van der Waals surface area contributed by atoms with E-state index in [1.807, 2.05) is 10.6 Å². The SMILES string of the molecule is C/C=N\N(Cc1nc2ccc(C(=O)O)cc2n1CCOC)SC(=N)OCc1ccc(C#N)cc1F. The molecule has 0 saturated carbocycles. The van der Waals surface area contributed by atoms with Gasteiger partial charge in [0, 0.05) is 25.4 Å². The number of carboxylic acids is 1. The third kappa shape index (κ3) is 6.56. The number of carbonyl (C=O) groups is 1. The fourth-order valence-electron chi connectivity index (χ4n) is 3.20. The average Bonchev–Trinajstić information content (AvgIpc) is 3.17. The monoisotopic (exact) mass is 498 g/mol. The van der Waals surface area contributed by atoms with Gasteiger partial charge in [-0.3, -0.25) is 5.41 Å². The Bertz CT molecular complexity index is 1300. The molecule has 0 bridgehead atoms. The van der Waals surface area contributed by atoms with E-state index in [2.05, 4.69) is 10.1 Å². The molecule has 0 amide bonds. The Morgan fingerprint density at radius 1 is 1.40 bits per heavy atom. The first-order valence-electron chi connectivity index (χ1n) is 10.4. The third-order valence-electron chi connectivity index (χ3n) is 4.84. The zero-order valence-electron chi connectivity index (χ0n) is 19.1. The number of benzene rings is 2. The number of halogens is 1. The predicted molar refractivity (Wildman–Crippen MR) is 129 cm³/mol. The van der Waals surface area contributed by atoms with E-state index in [1.165, 1.54) is 22.6 Å². The summed E-state index contributed by atoms with van der Waals surface area (Å²) in [5.74, 6) is -1.04. The molecule has 2 aromatic carbocycles. The number of aromatic nitrogens is 2. The Morgan fingerprint density at radius 3 is 2.86 bits per heavy atom. The number of imidazole rings is 1. The summed E-state index contributed by atoms with van der Waals surface area (Å²) in [6.45, 7) is 2.53. The van der Waals surface area contributed by atoms with Crippen LogP contribution in [0.15, 0.2) is 41.5 Å². The van der Waals surface area contributed by atoms with Gasteiger partial charge in [0.15, 0.2) is 0 Å². The maximum Gasteiger partial charge on any atom is 0.335 e. The zero-order valence-corrected chi connectivity index (χ0v) is 19.9. The fourth-order valence-corrected chi connectivity index (χ4v) is 3.83. The molecule has 2 N–H and O–H groups in total. The second kappa shape index (κ2) is 12.0. The normalized spacial score (nSPS) is 11.0. The lowest BCUT2D eigenvalue weighted by atomic mass is 10.1. The molecule has 3 rings (SSSR count). The Morgan fingerprint density at radius 2 is 2.20 bits per heavy atom. The summed E-state index contributed by atoms with van der Waals surface area (Å²) in [7, 11) is 1.57. The quantitative estimate of drug-likeness (QED) is 0.185. The first-order chi connectivity index (χ1) is 16.9. The van der Waals surface area contributed by atoms with Gasteiger partial charge in [-0.05, 0) is 37.3 Å². The predicted octanol–water partition coefficient (Wildman–Crippen LogP) is 4.00. The van der Waals surface area contributed by atoms with E-state index in [9.17, 15) is 14.3 Å². The number of hydrogen-bond acceptors (Lipinski definition) is 9. The first kappa shape index (κ1) is 25.7. The number of fused-ring (bicyclic) bond motifs is 1. The molecule has 0 atom stereocenters. The molecule has 0 aliphatic carbocycles. The number of nitrogens with zero attached hydrogens (tertiary/aromatic N) is 5. The van der Waals surface area contributed by atoms with Crippen LogP contribution < -0.4 is 0 Å². The minimum atomic E-state index is -1.04. The molecule has 1 aromatic heterocycles. The van der Waals surface area contributed by atoms with Crippen LogP contribution in [-0.4, -0.2) is 50.2 Å². The Hall–Kier alpha value is -3.95. The van der Waals surface area contributed by atoms with Crippen LogP contribution in [0.1, 0.15) is 34.2 Å². The van der Waals surface area contributed by atoms with Crippen LogP contribution in [0.5, 0.6) is 0 Å². The average molecular weight is 499 g/mol. The Balaban J connectivity index is 1.76. The lowest BCUT2D eigenvalue weighted by Gasteiger charge is -2.18. The van der Waals surface area contributed by atoms with Crippen molar-refractivity contribution in [3.8, 4) is 6.07 Å². The van der Waals surface area contributed by atoms with Crippen molar-refractivity contribution in [1.82, 2.24) is 14.0 Å². The van der Waals surface area contributed by atoms with Gasteiger partial charge in [0.2, 0.25) is 0 Å². The van der Waals surface area contributed by atoms with Gasteiger partial charge in [0.25, 0.3) is 5.23 Å². The molecule has 3 aromatic rings. The first-order valence-corrected chi connectivity index (χ1v) is 11.2. The molecule has 0 fully saturated rings. The molecule has 10 nitrogen and oxygen atoms in total. The van der Waals surface area contributed by atoms with Crippen LogP contribution in [0.25, 0.3) is 11.0 Å². The molecule has 0 aliphatic rings. The number of methoxy groups -OCH3 is 1. The molecule has 1 heterocycles. The second-order valence-corrected chi connectivity index (χ2v) is 8.13. The van der Waals surface area contributed by atoms with Crippen LogP contribution in [0, 0.1) is 22.6 Å². The van der Waals surface area contributed by atoms with E-state index in [1.54, 1.807) is 32.4 Å². The molecule has 0 spiro atoms. The minimum absolute atomic E-state index is 0.144. The van der Waals surface area contributed by atoms with Gasteiger partial charge in [-0.2, -0.15) is 10.4 Å². The van der Waals surface area contributed by atoms with Crippen LogP contribution >= 0.6 is 11.9 Å². The van der Waals surface area contributed by atoms with Gasteiger partial charge in [0.1, 0.15) is 24.8 Å². The summed E-state index contributed by atoms with van der Waals surface area (Å²) < 4.78 is 28.0. The van der Waals surface area contributed by atoms with E-state index in [0.29, 0.717) is 30.0 Å². The van der Waals surface area contributed by atoms with Crippen LogP contribution in [-0.2, 0) is 29.2 Å². The summed E-state index contributed by atoms with van der Waals surface area (Å²) >= 11 is 0.890. The van der Waals surface area contributed by atoms with E-state index in [-0.39, 0.29) is 35.1 Å². The number of carboxylic acid groups (broad SMARTS) is 1. The van der Waals surface area contributed by atoms with Crippen molar-refractivity contribution in [2.75, 3.05) is 13.7 Å². The summed E-state index contributed by atoms with van der Waals surface area (Å²) in [6, 6.07) is 10.6.